The summed E-state index contributed by atoms with van der Waals surface area (Å²) in [5.41, 5.74) is 4.16. The van der Waals surface area contributed by atoms with Gasteiger partial charge in [0.25, 0.3) is 5.91 Å². The fourth-order valence-corrected chi connectivity index (χ4v) is 5.25. The van der Waals surface area contributed by atoms with Crippen LogP contribution in [0.2, 0.25) is 0 Å². The molecule has 3 aromatic carbocycles. The third-order valence-electron chi connectivity index (χ3n) is 7.61. The fourth-order valence-electron chi connectivity index (χ4n) is 5.25. The van der Waals surface area contributed by atoms with Crippen molar-refractivity contribution in [2.24, 2.45) is 0 Å². The summed E-state index contributed by atoms with van der Waals surface area (Å²) in [7, 11) is 1.61. The van der Waals surface area contributed by atoms with Gasteiger partial charge in [-0.1, -0.05) is 18.2 Å². The summed E-state index contributed by atoms with van der Waals surface area (Å²) in [6.45, 7) is 6.50. The van der Waals surface area contributed by atoms with E-state index in [4.69, 9.17) is 23.9 Å². The number of morpholine rings is 2. The number of para-hydroxylation sites is 1. The molecule has 218 valence electrons. The summed E-state index contributed by atoms with van der Waals surface area (Å²) >= 11 is 0. The Labute approximate surface area is 243 Å². The van der Waals surface area contributed by atoms with Crippen LogP contribution in [0.1, 0.15) is 10.4 Å². The van der Waals surface area contributed by atoms with Gasteiger partial charge in [-0.25, -0.2) is 9.37 Å². The zero-order valence-electron chi connectivity index (χ0n) is 23.6. The first kappa shape index (κ1) is 28.0. The van der Waals surface area contributed by atoms with Crippen LogP contribution in [0.25, 0.3) is 33.4 Å². The highest BCUT2D eigenvalue weighted by Crippen LogP contribution is 2.34. The average Bonchev–Trinajstić information content (AvgIpc) is 3.05. The van der Waals surface area contributed by atoms with Crippen LogP contribution in [0, 0.1) is 5.82 Å². The first-order chi connectivity index (χ1) is 20.6. The Morgan fingerprint density at radius 3 is 2.45 bits per heavy atom. The Morgan fingerprint density at radius 2 is 1.69 bits per heavy atom. The molecule has 0 radical (unpaired) electrons. The normalized spacial score (nSPS) is 16.0. The molecular formula is C32H33FN4O5. The van der Waals surface area contributed by atoms with Crippen molar-refractivity contribution in [2.45, 2.75) is 0 Å². The monoisotopic (exact) mass is 572 g/mol. The molecule has 0 aliphatic carbocycles. The van der Waals surface area contributed by atoms with E-state index in [1.807, 2.05) is 36.4 Å². The van der Waals surface area contributed by atoms with E-state index in [-0.39, 0.29) is 11.5 Å². The van der Waals surface area contributed by atoms with Crippen LogP contribution in [-0.4, -0.2) is 98.5 Å². The van der Waals surface area contributed by atoms with Gasteiger partial charge in [-0.3, -0.25) is 14.7 Å². The largest absolute Gasteiger partial charge is 0.493 e. The number of rotatable bonds is 8. The number of hydrogen-bond donors (Lipinski definition) is 0. The minimum absolute atomic E-state index is 0.0482. The highest BCUT2D eigenvalue weighted by Gasteiger charge is 2.22. The van der Waals surface area contributed by atoms with Crippen molar-refractivity contribution in [3.8, 4) is 33.9 Å². The van der Waals surface area contributed by atoms with E-state index < -0.39 is 5.82 Å². The summed E-state index contributed by atoms with van der Waals surface area (Å²) in [4.78, 5) is 26.4. The van der Waals surface area contributed by atoms with Crippen molar-refractivity contribution in [1.82, 2.24) is 19.8 Å². The number of benzene rings is 3. The Bertz CT molecular complexity index is 1570. The van der Waals surface area contributed by atoms with Gasteiger partial charge in [0.15, 0.2) is 11.5 Å². The summed E-state index contributed by atoms with van der Waals surface area (Å²) in [6.07, 6.45) is 1.71. The van der Waals surface area contributed by atoms with E-state index in [9.17, 15) is 4.79 Å². The Hall–Kier alpha value is -4.12. The molecule has 0 spiro atoms. The number of carbonyl (C=O) groups excluding carboxylic acids is 1. The minimum atomic E-state index is -0.570. The number of aromatic nitrogens is 2. The van der Waals surface area contributed by atoms with E-state index in [2.05, 4.69) is 9.88 Å². The molecular weight excluding hydrogens is 539 g/mol. The first-order valence-corrected chi connectivity index (χ1v) is 14.1. The minimum Gasteiger partial charge on any atom is -0.493 e. The predicted molar refractivity (Wildman–Crippen MR) is 156 cm³/mol. The standard InChI is InChI=1S/C32H33FN4O5/c1-39-30-20-23(6-8-29(30)42-18-11-36-9-14-40-15-10-36)28-21-34-27-4-2-3-24(31(27)35-28)22-5-7-25(26(33)19-22)32(38)37-12-16-41-17-13-37/h2-8,19-21H,9-18H2,1H3. The SMILES string of the molecule is COc1cc(-c2cnc3cccc(-c4ccc(C(=O)N5CCOCC5)c(F)c4)c3n2)ccc1OCCN1CCOCC1. The number of ether oxygens (including phenoxy) is 4. The maximum absolute atomic E-state index is 15.3. The molecule has 2 aliphatic heterocycles. The molecule has 1 aromatic heterocycles. The fraction of sp³-hybridized carbons (Fsp3) is 0.344. The third-order valence-corrected chi connectivity index (χ3v) is 7.61. The number of carbonyl (C=O) groups is 1. The number of hydrogen-bond acceptors (Lipinski definition) is 8. The maximum Gasteiger partial charge on any atom is 0.256 e. The quantitative estimate of drug-likeness (QED) is 0.309. The van der Waals surface area contributed by atoms with Crippen LogP contribution in [0.3, 0.4) is 0 Å². The number of fused-ring (bicyclic) bond motifs is 1. The molecule has 2 fully saturated rings. The number of methoxy groups -OCH3 is 1. The van der Waals surface area contributed by atoms with Gasteiger partial charge in [0, 0.05) is 43.9 Å². The van der Waals surface area contributed by atoms with Crippen molar-refractivity contribution in [3.63, 3.8) is 0 Å². The maximum atomic E-state index is 15.3. The molecule has 4 aromatic rings. The smallest absolute Gasteiger partial charge is 0.256 e. The molecule has 6 rings (SSSR count). The Morgan fingerprint density at radius 1 is 0.929 bits per heavy atom. The van der Waals surface area contributed by atoms with Crippen LogP contribution in [0.4, 0.5) is 4.39 Å². The first-order valence-electron chi connectivity index (χ1n) is 14.1. The zero-order valence-corrected chi connectivity index (χ0v) is 23.6. The van der Waals surface area contributed by atoms with Gasteiger partial charge in [0.2, 0.25) is 0 Å². The molecule has 0 bridgehead atoms. The summed E-state index contributed by atoms with van der Waals surface area (Å²) < 4.78 is 37.6. The Balaban J connectivity index is 1.24. The van der Waals surface area contributed by atoms with Crippen LogP contribution in [0.5, 0.6) is 11.5 Å². The van der Waals surface area contributed by atoms with Crippen molar-refractivity contribution < 1.29 is 28.1 Å². The lowest BCUT2D eigenvalue weighted by Crippen LogP contribution is -2.41. The molecule has 2 aliphatic rings. The van der Waals surface area contributed by atoms with Gasteiger partial charge in [0.05, 0.1) is 62.0 Å². The lowest BCUT2D eigenvalue weighted by Gasteiger charge is -2.27. The molecule has 10 heteroatoms. The predicted octanol–water partition coefficient (Wildman–Crippen LogP) is 4.29. The van der Waals surface area contributed by atoms with Crippen LogP contribution in [0.15, 0.2) is 60.8 Å². The highest BCUT2D eigenvalue weighted by molar-refractivity contribution is 5.97. The average molecular weight is 573 g/mol. The molecule has 42 heavy (non-hydrogen) atoms. The second-order valence-corrected chi connectivity index (χ2v) is 10.2. The van der Waals surface area contributed by atoms with E-state index in [1.165, 1.54) is 6.07 Å². The lowest BCUT2D eigenvalue weighted by atomic mass is 10.0. The highest BCUT2D eigenvalue weighted by atomic mass is 19.1. The Kier molecular flexibility index (Phi) is 8.55. The molecule has 2 saturated heterocycles. The molecule has 0 unspecified atom stereocenters. The van der Waals surface area contributed by atoms with Gasteiger partial charge < -0.3 is 23.8 Å². The van der Waals surface area contributed by atoms with Crippen LogP contribution >= 0.6 is 0 Å². The summed E-state index contributed by atoms with van der Waals surface area (Å²) in [5.74, 6) is 0.363. The molecule has 1 amide bonds. The van der Waals surface area contributed by atoms with Crippen molar-refractivity contribution in [1.29, 1.82) is 0 Å². The van der Waals surface area contributed by atoms with E-state index in [0.29, 0.717) is 66.7 Å². The number of amides is 1. The second kappa shape index (κ2) is 12.8. The van der Waals surface area contributed by atoms with Crippen molar-refractivity contribution >= 4 is 16.9 Å². The summed E-state index contributed by atoms with van der Waals surface area (Å²) in [6, 6.07) is 16.0. The third kappa shape index (κ3) is 6.06. The number of halogens is 1. The molecule has 3 heterocycles. The van der Waals surface area contributed by atoms with Gasteiger partial charge in [-0.15, -0.1) is 0 Å². The van der Waals surface area contributed by atoms with Gasteiger partial charge in [-0.2, -0.15) is 0 Å². The van der Waals surface area contributed by atoms with Gasteiger partial charge in [0.1, 0.15) is 12.4 Å². The summed E-state index contributed by atoms with van der Waals surface area (Å²) in [5, 5.41) is 0. The topological polar surface area (TPSA) is 86.2 Å². The number of nitrogens with zero attached hydrogens (tertiary/aromatic N) is 4. The van der Waals surface area contributed by atoms with Crippen molar-refractivity contribution in [3.05, 3.63) is 72.2 Å². The second-order valence-electron chi connectivity index (χ2n) is 10.2. The van der Waals surface area contributed by atoms with Crippen LogP contribution < -0.4 is 9.47 Å². The molecule has 0 saturated carbocycles. The van der Waals surface area contributed by atoms with Crippen LogP contribution in [-0.2, 0) is 9.47 Å². The lowest BCUT2D eigenvalue weighted by molar-refractivity contribution is 0.0300. The van der Waals surface area contributed by atoms with Gasteiger partial charge >= 0.3 is 0 Å². The van der Waals surface area contributed by atoms with E-state index in [0.717, 1.165) is 44.0 Å². The zero-order chi connectivity index (χ0) is 28.9. The van der Waals surface area contributed by atoms with Crippen molar-refractivity contribution in [2.75, 3.05) is 72.9 Å². The van der Waals surface area contributed by atoms with E-state index in [1.54, 1.807) is 30.3 Å². The molecule has 0 N–H and O–H groups in total. The van der Waals surface area contributed by atoms with E-state index >= 15 is 4.39 Å². The molecule has 0 atom stereocenters. The molecule has 9 nitrogen and oxygen atoms in total. The van der Waals surface area contributed by atoms with Gasteiger partial charge in [-0.05, 0) is 42.0 Å².